The summed E-state index contributed by atoms with van der Waals surface area (Å²) in [5, 5.41) is 2.91. The summed E-state index contributed by atoms with van der Waals surface area (Å²) in [5.74, 6) is 0. The van der Waals surface area contributed by atoms with Crippen molar-refractivity contribution in [1.29, 1.82) is 0 Å². The van der Waals surface area contributed by atoms with Gasteiger partial charge < -0.3 is 10.2 Å². The Kier molecular flexibility index (Phi) is 6.45. The molecule has 0 heterocycles. The average Bonchev–Trinajstić information content (AvgIpc) is 2.44. The molecule has 20 heavy (non-hydrogen) atoms. The zero-order valence-corrected chi connectivity index (χ0v) is 13.5. The molecular weight excluding hydrogens is 274 g/mol. The van der Waals surface area contributed by atoms with Crippen LogP contribution in [0.15, 0.2) is 29.2 Å². The highest BCUT2D eigenvalue weighted by atomic mass is 32.2. The van der Waals surface area contributed by atoms with Crippen molar-refractivity contribution in [2.45, 2.75) is 31.7 Å². The molecule has 0 radical (unpaired) electrons. The van der Waals surface area contributed by atoms with Crippen LogP contribution in [0.3, 0.4) is 0 Å². The first-order chi connectivity index (χ1) is 9.44. The molecule has 0 fully saturated rings. The molecule has 0 aliphatic rings. The molecule has 2 N–H and O–H groups in total. The van der Waals surface area contributed by atoms with E-state index >= 15 is 0 Å². The molecule has 0 bridgehead atoms. The number of hydrogen-bond acceptors (Lipinski definition) is 4. The number of nitrogens with one attached hydrogen (secondary N) is 2. The van der Waals surface area contributed by atoms with Crippen LogP contribution < -0.4 is 10.0 Å². The first kappa shape index (κ1) is 16.9. The van der Waals surface area contributed by atoms with Gasteiger partial charge in [-0.1, -0.05) is 26.0 Å². The van der Waals surface area contributed by atoms with Gasteiger partial charge in [0.05, 0.1) is 5.69 Å². The molecule has 5 nitrogen and oxygen atoms in total. The van der Waals surface area contributed by atoms with Gasteiger partial charge in [-0.2, -0.15) is 0 Å². The molecular formula is C14H25N3O2S. The maximum absolute atomic E-state index is 12.4. The van der Waals surface area contributed by atoms with Crippen LogP contribution in [0, 0.1) is 0 Å². The minimum absolute atomic E-state index is 0.134. The zero-order valence-electron chi connectivity index (χ0n) is 12.7. The first-order valence-corrected chi connectivity index (χ1v) is 8.44. The number of likely N-dealkylation sites (N-methyl/N-ethyl adjacent to an activating group) is 1. The summed E-state index contributed by atoms with van der Waals surface area (Å²) in [4.78, 5) is 2.48. The highest BCUT2D eigenvalue weighted by molar-refractivity contribution is 7.89. The summed E-state index contributed by atoms with van der Waals surface area (Å²) in [6.45, 7) is 8.55. The van der Waals surface area contributed by atoms with Crippen molar-refractivity contribution >= 4 is 15.7 Å². The summed E-state index contributed by atoms with van der Waals surface area (Å²) in [6, 6.07) is 6.76. The second-order valence-electron chi connectivity index (χ2n) is 4.75. The third kappa shape index (κ3) is 4.47. The third-order valence-electron chi connectivity index (χ3n) is 3.23. The molecule has 0 spiro atoms. The minimum atomic E-state index is -3.50. The summed E-state index contributed by atoms with van der Waals surface area (Å²) < 4.78 is 27.6. The number of anilines is 1. The lowest BCUT2D eigenvalue weighted by molar-refractivity contribution is 0.282. The number of para-hydroxylation sites is 1. The summed E-state index contributed by atoms with van der Waals surface area (Å²) in [6.07, 6.45) is 0. The standard InChI is InChI=1S/C14H25N3O2S/c1-5-17(6-2)11-12(3)16-20(18,19)14-10-8-7-9-13(14)15-4/h7-10,12,15-16H,5-6,11H2,1-4H3. The fraction of sp³-hybridized carbons (Fsp3) is 0.571. The van der Waals surface area contributed by atoms with Crippen LogP contribution in [0.25, 0.3) is 0 Å². The van der Waals surface area contributed by atoms with Crippen molar-refractivity contribution in [2.75, 3.05) is 32.0 Å². The van der Waals surface area contributed by atoms with E-state index in [1.807, 2.05) is 13.0 Å². The number of benzene rings is 1. The molecule has 114 valence electrons. The fourth-order valence-corrected chi connectivity index (χ4v) is 3.59. The molecule has 0 aromatic heterocycles. The Morgan fingerprint density at radius 3 is 2.35 bits per heavy atom. The Morgan fingerprint density at radius 2 is 1.80 bits per heavy atom. The topological polar surface area (TPSA) is 61.4 Å². The van der Waals surface area contributed by atoms with Crippen molar-refractivity contribution < 1.29 is 8.42 Å². The Morgan fingerprint density at radius 1 is 1.20 bits per heavy atom. The van der Waals surface area contributed by atoms with Crippen molar-refractivity contribution in [3.8, 4) is 0 Å². The molecule has 0 saturated heterocycles. The van der Waals surface area contributed by atoms with E-state index in [2.05, 4.69) is 28.8 Å². The molecule has 1 aromatic carbocycles. The monoisotopic (exact) mass is 299 g/mol. The molecule has 1 atom stereocenters. The maximum Gasteiger partial charge on any atom is 0.242 e. The van der Waals surface area contributed by atoms with E-state index in [9.17, 15) is 8.42 Å². The lowest BCUT2D eigenvalue weighted by Crippen LogP contribution is -2.42. The fourth-order valence-electron chi connectivity index (χ4n) is 2.14. The predicted octanol–water partition coefficient (Wildman–Crippen LogP) is 1.74. The van der Waals surface area contributed by atoms with Crippen molar-refractivity contribution in [1.82, 2.24) is 9.62 Å². The smallest absolute Gasteiger partial charge is 0.242 e. The quantitative estimate of drug-likeness (QED) is 0.767. The van der Waals surface area contributed by atoms with E-state index in [1.54, 1.807) is 25.2 Å². The summed E-state index contributed by atoms with van der Waals surface area (Å²) in [5.41, 5.74) is 0.607. The van der Waals surface area contributed by atoms with E-state index < -0.39 is 10.0 Å². The van der Waals surface area contributed by atoms with E-state index in [4.69, 9.17) is 0 Å². The molecule has 6 heteroatoms. The number of sulfonamides is 1. The molecule has 1 rings (SSSR count). The second-order valence-corrected chi connectivity index (χ2v) is 6.44. The van der Waals surface area contributed by atoms with Gasteiger partial charge in [-0.3, -0.25) is 0 Å². The van der Waals surface area contributed by atoms with Gasteiger partial charge in [0.25, 0.3) is 0 Å². The highest BCUT2D eigenvalue weighted by Crippen LogP contribution is 2.20. The Bertz CT molecular complexity index is 513. The molecule has 0 aliphatic heterocycles. The SMILES string of the molecule is CCN(CC)CC(C)NS(=O)(=O)c1ccccc1NC. The predicted molar refractivity (Wildman–Crippen MR) is 83.6 cm³/mol. The van der Waals surface area contributed by atoms with Crippen LogP contribution in [0.1, 0.15) is 20.8 Å². The Labute approximate surface area is 122 Å². The van der Waals surface area contributed by atoms with E-state index in [1.165, 1.54) is 0 Å². The van der Waals surface area contributed by atoms with Gasteiger partial charge in [0.15, 0.2) is 0 Å². The van der Waals surface area contributed by atoms with Crippen LogP contribution in [0.2, 0.25) is 0 Å². The maximum atomic E-state index is 12.4. The van der Waals surface area contributed by atoms with Gasteiger partial charge in [-0.25, -0.2) is 13.1 Å². The first-order valence-electron chi connectivity index (χ1n) is 6.96. The van der Waals surface area contributed by atoms with Gasteiger partial charge in [-0.15, -0.1) is 0 Å². The summed E-state index contributed by atoms with van der Waals surface area (Å²) >= 11 is 0. The van der Waals surface area contributed by atoms with E-state index in [0.717, 1.165) is 13.1 Å². The van der Waals surface area contributed by atoms with Crippen LogP contribution in [0.5, 0.6) is 0 Å². The van der Waals surface area contributed by atoms with Crippen LogP contribution >= 0.6 is 0 Å². The van der Waals surface area contributed by atoms with E-state index in [-0.39, 0.29) is 10.9 Å². The number of nitrogens with zero attached hydrogens (tertiary/aromatic N) is 1. The molecule has 0 aliphatic carbocycles. The lowest BCUT2D eigenvalue weighted by Gasteiger charge is -2.23. The Balaban J connectivity index is 2.84. The normalized spacial score (nSPS) is 13.4. The van der Waals surface area contributed by atoms with Gasteiger partial charge in [-0.05, 0) is 32.1 Å². The molecule has 0 saturated carbocycles. The van der Waals surface area contributed by atoms with Crippen molar-refractivity contribution in [3.05, 3.63) is 24.3 Å². The number of rotatable bonds is 8. The minimum Gasteiger partial charge on any atom is -0.387 e. The van der Waals surface area contributed by atoms with Crippen LogP contribution in [-0.4, -0.2) is 46.0 Å². The van der Waals surface area contributed by atoms with Gasteiger partial charge >= 0.3 is 0 Å². The average molecular weight is 299 g/mol. The molecule has 1 aromatic rings. The second kappa shape index (κ2) is 7.61. The van der Waals surface area contributed by atoms with Crippen molar-refractivity contribution in [2.24, 2.45) is 0 Å². The van der Waals surface area contributed by atoms with Crippen molar-refractivity contribution in [3.63, 3.8) is 0 Å². The lowest BCUT2D eigenvalue weighted by atomic mass is 10.3. The molecule has 1 unspecified atom stereocenters. The number of hydrogen-bond donors (Lipinski definition) is 2. The highest BCUT2D eigenvalue weighted by Gasteiger charge is 2.20. The van der Waals surface area contributed by atoms with Crippen LogP contribution in [-0.2, 0) is 10.0 Å². The van der Waals surface area contributed by atoms with E-state index in [0.29, 0.717) is 12.2 Å². The molecule has 0 amide bonds. The van der Waals surface area contributed by atoms with Gasteiger partial charge in [0.2, 0.25) is 10.0 Å². The zero-order chi connectivity index (χ0) is 15.2. The Hall–Kier alpha value is -1.11. The summed E-state index contributed by atoms with van der Waals surface area (Å²) in [7, 11) is -1.79. The van der Waals surface area contributed by atoms with Gasteiger partial charge in [0.1, 0.15) is 4.90 Å². The van der Waals surface area contributed by atoms with Crippen LogP contribution in [0.4, 0.5) is 5.69 Å². The third-order valence-corrected chi connectivity index (χ3v) is 4.88. The largest absolute Gasteiger partial charge is 0.387 e. The van der Waals surface area contributed by atoms with Gasteiger partial charge in [0, 0.05) is 19.6 Å².